The van der Waals surface area contributed by atoms with Crippen LogP contribution in [0.1, 0.15) is 15.9 Å². The highest BCUT2D eigenvalue weighted by atomic mass is 32.1. The number of ether oxygens (including phenoxy) is 2. The Balaban J connectivity index is 1.54. The molecule has 0 bridgehead atoms. The molecule has 0 saturated carbocycles. The van der Waals surface area contributed by atoms with E-state index in [0.29, 0.717) is 48.4 Å². The number of carbonyl (C=O) groups excluding carboxylic acids is 1. The molecule has 5 rings (SSSR count). The average Bonchev–Trinajstić information content (AvgIpc) is 3.35. The van der Waals surface area contributed by atoms with Crippen molar-refractivity contribution in [2.45, 2.75) is 6.54 Å². The van der Waals surface area contributed by atoms with Gasteiger partial charge in [0.2, 0.25) is 0 Å². The number of benzene rings is 2. The van der Waals surface area contributed by atoms with Crippen LogP contribution in [0.5, 0.6) is 5.75 Å². The first-order valence-corrected chi connectivity index (χ1v) is 12.1. The molecule has 0 spiro atoms. The Kier molecular flexibility index (Phi) is 6.74. The standard InChI is InChI=1S/C25H23N5O5S/c1-34-19-5-7-23-20(14-19)27-25(36-23)29(16-17-3-2-8-26-15-17)24(31)18-4-6-21(22(13-18)30(32)33)28-9-11-35-12-10-28/h2-8,13-15H,9-12,16H2,1H3. The van der Waals surface area contributed by atoms with Gasteiger partial charge in [0, 0.05) is 43.2 Å². The van der Waals surface area contributed by atoms with E-state index >= 15 is 0 Å². The number of hydrogen-bond donors (Lipinski definition) is 0. The summed E-state index contributed by atoms with van der Waals surface area (Å²) in [6.07, 6.45) is 3.34. The van der Waals surface area contributed by atoms with E-state index in [9.17, 15) is 14.9 Å². The molecular weight excluding hydrogens is 482 g/mol. The molecule has 10 nitrogen and oxygen atoms in total. The molecule has 4 aromatic rings. The Hall–Kier alpha value is -4.09. The van der Waals surface area contributed by atoms with E-state index in [0.717, 1.165) is 10.3 Å². The molecule has 184 valence electrons. The Bertz CT molecular complexity index is 1400. The van der Waals surface area contributed by atoms with E-state index in [4.69, 9.17) is 9.47 Å². The van der Waals surface area contributed by atoms with Crippen LogP contribution in [-0.2, 0) is 11.3 Å². The number of rotatable bonds is 7. The largest absolute Gasteiger partial charge is 0.497 e. The minimum atomic E-state index is -0.447. The number of thiazole rings is 1. The highest BCUT2D eigenvalue weighted by Gasteiger charge is 2.27. The van der Waals surface area contributed by atoms with Gasteiger partial charge in [-0.2, -0.15) is 0 Å². The van der Waals surface area contributed by atoms with Crippen LogP contribution in [0, 0.1) is 10.1 Å². The van der Waals surface area contributed by atoms with Crippen molar-refractivity contribution in [3.8, 4) is 5.75 Å². The molecule has 1 amide bonds. The monoisotopic (exact) mass is 505 g/mol. The Morgan fingerprint density at radius 3 is 2.78 bits per heavy atom. The second-order valence-corrected chi connectivity index (χ2v) is 9.15. The van der Waals surface area contributed by atoms with Gasteiger partial charge in [-0.05, 0) is 35.9 Å². The lowest BCUT2D eigenvalue weighted by Crippen LogP contribution is -2.36. The van der Waals surface area contributed by atoms with Crippen molar-refractivity contribution in [3.63, 3.8) is 0 Å². The number of morpholine rings is 1. The van der Waals surface area contributed by atoms with Gasteiger partial charge < -0.3 is 14.4 Å². The third-order valence-corrected chi connectivity index (χ3v) is 6.95. The zero-order chi connectivity index (χ0) is 25.1. The van der Waals surface area contributed by atoms with Gasteiger partial charge in [-0.3, -0.25) is 24.8 Å². The fourth-order valence-corrected chi connectivity index (χ4v) is 5.01. The van der Waals surface area contributed by atoms with Crippen molar-refractivity contribution in [2.24, 2.45) is 0 Å². The van der Waals surface area contributed by atoms with Crippen LogP contribution in [0.3, 0.4) is 0 Å². The number of nitrogens with zero attached hydrogens (tertiary/aromatic N) is 5. The predicted molar refractivity (Wildman–Crippen MR) is 137 cm³/mol. The summed E-state index contributed by atoms with van der Waals surface area (Å²) in [5, 5.41) is 12.4. The van der Waals surface area contributed by atoms with E-state index in [2.05, 4.69) is 9.97 Å². The fourth-order valence-electron chi connectivity index (χ4n) is 4.07. The topological polar surface area (TPSA) is 111 Å². The van der Waals surface area contributed by atoms with Crippen molar-refractivity contribution in [1.29, 1.82) is 0 Å². The van der Waals surface area contributed by atoms with E-state index in [1.807, 2.05) is 29.2 Å². The molecule has 0 N–H and O–H groups in total. The van der Waals surface area contributed by atoms with Crippen LogP contribution in [0.25, 0.3) is 10.2 Å². The maximum Gasteiger partial charge on any atom is 0.293 e. The molecule has 3 heterocycles. The second-order valence-electron chi connectivity index (χ2n) is 8.14. The minimum Gasteiger partial charge on any atom is -0.497 e. The molecule has 0 unspecified atom stereocenters. The Morgan fingerprint density at radius 2 is 2.06 bits per heavy atom. The number of methoxy groups -OCH3 is 1. The van der Waals surface area contributed by atoms with Gasteiger partial charge in [0.25, 0.3) is 11.6 Å². The lowest BCUT2D eigenvalue weighted by atomic mass is 10.1. The van der Waals surface area contributed by atoms with Gasteiger partial charge in [-0.15, -0.1) is 0 Å². The highest BCUT2D eigenvalue weighted by Crippen LogP contribution is 2.34. The lowest BCUT2D eigenvalue weighted by molar-refractivity contribution is -0.384. The molecule has 11 heteroatoms. The van der Waals surface area contributed by atoms with Gasteiger partial charge >= 0.3 is 0 Å². The van der Waals surface area contributed by atoms with Crippen LogP contribution in [0.2, 0.25) is 0 Å². The predicted octanol–water partition coefficient (Wildman–Crippen LogP) is 4.29. The number of hydrogen-bond acceptors (Lipinski definition) is 9. The maximum atomic E-state index is 13.8. The van der Waals surface area contributed by atoms with Crippen LogP contribution < -0.4 is 14.5 Å². The average molecular weight is 506 g/mol. The van der Waals surface area contributed by atoms with E-state index < -0.39 is 4.92 Å². The number of nitro groups is 1. The zero-order valence-corrected chi connectivity index (χ0v) is 20.3. The van der Waals surface area contributed by atoms with Gasteiger partial charge in [0.1, 0.15) is 11.4 Å². The van der Waals surface area contributed by atoms with Gasteiger partial charge in [-0.1, -0.05) is 17.4 Å². The smallest absolute Gasteiger partial charge is 0.293 e. The summed E-state index contributed by atoms with van der Waals surface area (Å²) in [7, 11) is 1.58. The Morgan fingerprint density at radius 1 is 1.22 bits per heavy atom. The molecule has 2 aromatic heterocycles. The fraction of sp³-hybridized carbons (Fsp3) is 0.240. The number of amides is 1. The molecule has 2 aromatic carbocycles. The maximum absolute atomic E-state index is 13.8. The minimum absolute atomic E-state index is 0.113. The van der Waals surface area contributed by atoms with E-state index in [-0.39, 0.29) is 23.7 Å². The molecule has 0 radical (unpaired) electrons. The number of pyridine rings is 1. The lowest BCUT2D eigenvalue weighted by Gasteiger charge is -2.28. The summed E-state index contributed by atoms with van der Waals surface area (Å²) >= 11 is 1.37. The number of nitro benzene ring substituents is 1. The summed E-state index contributed by atoms with van der Waals surface area (Å²) in [6.45, 7) is 2.31. The number of carbonyl (C=O) groups is 1. The van der Waals surface area contributed by atoms with Crippen molar-refractivity contribution in [2.75, 3.05) is 43.2 Å². The molecule has 0 aliphatic carbocycles. The van der Waals surface area contributed by atoms with Crippen molar-refractivity contribution in [1.82, 2.24) is 9.97 Å². The normalized spacial score (nSPS) is 13.5. The van der Waals surface area contributed by atoms with Crippen LogP contribution in [0.4, 0.5) is 16.5 Å². The molecule has 1 aliphatic heterocycles. The molecule has 1 aliphatic rings. The van der Waals surface area contributed by atoms with Crippen LogP contribution in [0.15, 0.2) is 60.9 Å². The highest BCUT2D eigenvalue weighted by molar-refractivity contribution is 7.22. The van der Waals surface area contributed by atoms with Gasteiger partial charge in [0.05, 0.1) is 42.0 Å². The molecule has 1 saturated heterocycles. The van der Waals surface area contributed by atoms with Crippen LogP contribution >= 0.6 is 11.3 Å². The number of aromatic nitrogens is 2. The van der Waals surface area contributed by atoms with Crippen molar-refractivity contribution in [3.05, 3.63) is 82.2 Å². The molecule has 0 atom stereocenters. The summed E-state index contributed by atoms with van der Waals surface area (Å²) in [5.74, 6) is 0.278. The summed E-state index contributed by atoms with van der Waals surface area (Å²) in [4.78, 5) is 37.6. The molecule has 36 heavy (non-hydrogen) atoms. The van der Waals surface area contributed by atoms with Gasteiger partial charge in [0.15, 0.2) is 5.13 Å². The summed E-state index contributed by atoms with van der Waals surface area (Å²) in [5.41, 5.74) is 2.08. The van der Waals surface area contributed by atoms with Crippen molar-refractivity contribution >= 4 is 44.0 Å². The first-order valence-electron chi connectivity index (χ1n) is 11.3. The number of fused-ring (bicyclic) bond motifs is 1. The SMILES string of the molecule is COc1ccc2sc(N(Cc3cccnc3)C(=O)c3ccc(N4CCOCC4)c([N+](=O)[O-])c3)nc2c1. The van der Waals surface area contributed by atoms with Crippen molar-refractivity contribution < 1.29 is 19.2 Å². The van der Waals surface area contributed by atoms with E-state index in [1.54, 1.807) is 37.7 Å². The quantitative estimate of drug-likeness (QED) is 0.270. The summed E-state index contributed by atoms with van der Waals surface area (Å²) < 4.78 is 11.6. The second kappa shape index (κ2) is 10.3. The molecular formula is C25H23N5O5S. The summed E-state index contributed by atoms with van der Waals surface area (Å²) in [6, 6.07) is 13.8. The zero-order valence-electron chi connectivity index (χ0n) is 19.5. The molecule has 1 fully saturated rings. The van der Waals surface area contributed by atoms with Gasteiger partial charge in [-0.25, -0.2) is 4.98 Å². The Labute approximate surface area is 210 Å². The van der Waals surface area contributed by atoms with E-state index in [1.165, 1.54) is 22.3 Å². The van der Waals surface area contributed by atoms with Crippen LogP contribution in [-0.4, -0.2) is 54.2 Å². The number of anilines is 2. The third kappa shape index (κ3) is 4.83. The first kappa shape index (κ1) is 23.6. The third-order valence-electron chi connectivity index (χ3n) is 5.89. The first-order chi connectivity index (χ1) is 17.5.